The van der Waals surface area contributed by atoms with Crippen molar-refractivity contribution in [3.63, 3.8) is 0 Å². The van der Waals surface area contributed by atoms with Crippen LogP contribution in [0, 0.1) is 10.1 Å². The first-order chi connectivity index (χ1) is 12.2. The highest BCUT2D eigenvalue weighted by molar-refractivity contribution is 5.90. The average Bonchev–Trinajstić information content (AvgIpc) is 2.54. The number of hydrogen-bond acceptors (Lipinski definition) is 8. The topological polar surface area (TPSA) is 119 Å². The number of nitrogens with zero attached hydrogens (tertiary/aromatic N) is 3. The van der Waals surface area contributed by atoms with Gasteiger partial charge in [0.2, 0.25) is 11.6 Å². The van der Waals surface area contributed by atoms with Gasteiger partial charge in [-0.05, 0) is 52.0 Å². The molecule has 9 nitrogen and oxygen atoms in total. The van der Waals surface area contributed by atoms with Crippen molar-refractivity contribution in [3.8, 4) is 0 Å². The van der Waals surface area contributed by atoms with Gasteiger partial charge in [-0.15, -0.1) is 0 Å². The van der Waals surface area contributed by atoms with Crippen LogP contribution in [0.5, 0.6) is 0 Å². The molecule has 0 spiro atoms. The summed E-state index contributed by atoms with van der Waals surface area (Å²) in [7, 11) is 0. The Labute approximate surface area is 151 Å². The number of ether oxygens (including phenoxy) is 1. The molecule has 1 aromatic carbocycles. The second-order valence-electron chi connectivity index (χ2n) is 6.47. The molecule has 0 aliphatic heterocycles. The highest BCUT2D eigenvalue weighted by Gasteiger charge is 2.26. The van der Waals surface area contributed by atoms with Crippen LogP contribution in [0.4, 0.5) is 23.0 Å². The van der Waals surface area contributed by atoms with E-state index in [9.17, 15) is 14.9 Å². The van der Waals surface area contributed by atoms with Crippen LogP contribution >= 0.6 is 0 Å². The molecule has 2 aromatic rings. The van der Waals surface area contributed by atoms with Gasteiger partial charge in [-0.1, -0.05) is 0 Å². The van der Waals surface area contributed by atoms with Gasteiger partial charge in [-0.2, -0.15) is 0 Å². The molecule has 0 amide bonds. The molecule has 0 bridgehead atoms. The maximum absolute atomic E-state index is 11.7. The highest BCUT2D eigenvalue weighted by atomic mass is 16.6. The number of carbonyl (C=O) groups excluding carboxylic acids is 1. The van der Waals surface area contributed by atoms with E-state index < -0.39 is 16.4 Å². The van der Waals surface area contributed by atoms with Gasteiger partial charge in [0.05, 0.1) is 17.1 Å². The molecule has 0 fully saturated rings. The third kappa shape index (κ3) is 4.88. The molecule has 2 N–H and O–H groups in total. The first-order valence-electron chi connectivity index (χ1n) is 8.03. The largest absolute Gasteiger partial charge is 0.462 e. The Hall–Kier alpha value is -3.23. The Morgan fingerprint density at radius 3 is 2.35 bits per heavy atom. The van der Waals surface area contributed by atoms with Crippen molar-refractivity contribution in [1.29, 1.82) is 0 Å². The fraction of sp³-hybridized carbons (Fsp3) is 0.353. The predicted octanol–water partition coefficient (Wildman–Crippen LogP) is 3.52. The van der Waals surface area contributed by atoms with Crippen LogP contribution in [-0.4, -0.2) is 33.0 Å². The number of aromatic nitrogens is 2. The Morgan fingerprint density at radius 1 is 1.19 bits per heavy atom. The predicted molar refractivity (Wildman–Crippen MR) is 97.7 cm³/mol. The fourth-order valence-electron chi connectivity index (χ4n) is 2.13. The summed E-state index contributed by atoms with van der Waals surface area (Å²) in [6, 6.07) is 6.38. The summed E-state index contributed by atoms with van der Waals surface area (Å²) in [4.78, 5) is 30.6. The minimum absolute atomic E-state index is 0.0561. The third-order valence-corrected chi connectivity index (χ3v) is 3.16. The average molecular weight is 359 g/mol. The SMILES string of the molecule is CCOC(=O)c1ccc(Nc2ncnc(NC(C)(C)C)c2[N+](=O)[O-])cc1. The molecular weight excluding hydrogens is 338 g/mol. The summed E-state index contributed by atoms with van der Waals surface area (Å²) in [5.41, 5.74) is 0.278. The minimum atomic E-state index is -0.538. The Morgan fingerprint density at radius 2 is 1.81 bits per heavy atom. The van der Waals surface area contributed by atoms with Crippen molar-refractivity contribution in [2.75, 3.05) is 17.2 Å². The fourth-order valence-corrected chi connectivity index (χ4v) is 2.13. The zero-order chi connectivity index (χ0) is 19.3. The Kier molecular flexibility index (Phi) is 5.71. The monoisotopic (exact) mass is 359 g/mol. The van der Waals surface area contributed by atoms with Crippen LogP contribution in [0.25, 0.3) is 0 Å². The number of nitro groups is 1. The van der Waals surface area contributed by atoms with Crippen molar-refractivity contribution in [2.45, 2.75) is 33.2 Å². The van der Waals surface area contributed by atoms with Gasteiger partial charge < -0.3 is 15.4 Å². The van der Waals surface area contributed by atoms with Crippen molar-refractivity contribution >= 4 is 29.0 Å². The zero-order valence-corrected chi connectivity index (χ0v) is 15.1. The molecule has 26 heavy (non-hydrogen) atoms. The molecule has 0 saturated heterocycles. The molecule has 0 aliphatic rings. The van der Waals surface area contributed by atoms with Crippen LogP contribution in [0.1, 0.15) is 38.1 Å². The summed E-state index contributed by atoms with van der Waals surface area (Å²) in [6.45, 7) is 7.64. The summed E-state index contributed by atoms with van der Waals surface area (Å²) >= 11 is 0. The Balaban J connectivity index is 2.30. The molecule has 0 unspecified atom stereocenters. The normalized spacial score (nSPS) is 10.9. The molecule has 0 aliphatic carbocycles. The number of nitrogens with one attached hydrogen (secondary N) is 2. The van der Waals surface area contributed by atoms with Crippen molar-refractivity contribution in [2.24, 2.45) is 0 Å². The van der Waals surface area contributed by atoms with Gasteiger partial charge in [0.15, 0.2) is 0 Å². The molecule has 0 saturated carbocycles. The van der Waals surface area contributed by atoms with Crippen LogP contribution in [-0.2, 0) is 4.74 Å². The molecular formula is C17H21N5O4. The first-order valence-corrected chi connectivity index (χ1v) is 8.03. The van der Waals surface area contributed by atoms with Crippen molar-refractivity contribution in [3.05, 3.63) is 46.3 Å². The van der Waals surface area contributed by atoms with Crippen LogP contribution < -0.4 is 10.6 Å². The number of hydrogen-bond donors (Lipinski definition) is 2. The summed E-state index contributed by atoms with van der Waals surface area (Å²) < 4.78 is 4.92. The lowest BCUT2D eigenvalue weighted by Gasteiger charge is -2.21. The second-order valence-corrected chi connectivity index (χ2v) is 6.47. The molecule has 2 rings (SSSR count). The van der Waals surface area contributed by atoms with E-state index in [1.54, 1.807) is 31.2 Å². The quantitative estimate of drug-likeness (QED) is 0.457. The van der Waals surface area contributed by atoms with E-state index in [0.717, 1.165) is 0 Å². The highest BCUT2D eigenvalue weighted by Crippen LogP contribution is 2.32. The first kappa shape index (κ1) is 19.1. The van der Waals surface area contributed by atoms with E-state index in [-0.39, 0.29) is 23.9 Å². The van der Waals surface area contributed by atoms with E-state index in [1.165, 1.54) is 6.33 Å². The minimum Gasteiger partial charge on any atom is -0.462 e. The van der Waals surface area contributed by atoms with Crippen molar-refractivity contribution < 1.29 is 14.5 Å². The second kappa shape index (κ2) is 7.77. The van der Waals surface area contributed by atoms with Crippen LogP contribution in [0.15, 0.2) is 30.6 Å². The lowest BCUT2D eigenvalue weighted by Crippen LogP contribution is -2.27. The zero-order valence-electron chi connectivity index (χ0n) is 15.1. The lowest BCUT2D eigenvalue weighted by atomic mass is 10.1. The molecule has 138 valence electrons. The standard InChI is InChI=1S/C17H21N5O4/c1-5-26-16(23)11-6-8-12(9-7-11)20-14-13(22(24)25)15(19-10-18-14)21-17(2,3)4/h6-10H,5H2,1-4H3,(H2,18,19,20,21). The van der Waals surface area contributed by atoms with Crippen molar-refractivity contribution in [1.82, 2.24) is 9.97 Å². The number of anilines is 3. The summed E-state index contributed by atoms with van der Waals surface area (Å²) in [5, 5.41) is 17.4. The van der Waals surface area contributed by atoms with E-state index >= 15 is 0 Å². The smallest absolute Gasteiger partial charge is 0.353 e. The van der Waals surface area contributed by atoms with Crippen LogP contribution in [0.2, 0.25) is 0 Å². The lowest BCUT2D eigenvalue weighted by molar-refractivity contribution is -0.383. The van der Waals surface area contributed by atoms with Crippen LogP contribution in [0.3, 0.4) is 0 Å². The van der Waals surface area contributed by atoms with E-state index in [1.807, 2.05) is 20.8 Å². The van der Waals surface area contributed by atoms with E-state index in [4.69, 9.17) is 4.74 Å². The van der Waals surface area contributed by atoms with Gasteiger partial charge in [-0.3, -0.25) is 10.1 Å². The summed E-state index contributed by atoms with van der Waals surface area (Å²) in [6.07, 6.45) is 1.25. The molecule has 1 heterocycles. The van der Waals surface area contributed by atoms with Gasteiger partial charge in [-0.25, -0.2) is 14.8 Å². The Bertz CT molecular complexity index is 800. The summed E-state index contributed by atoms with van der Waals surface area (Å²) in [5.74, 6) is -0.243. The third-order valence-electron chi connectivity index (χ3n) is 3.16. The van der Waals surface area contributed by atoms with Gasteiger partial charge >= 0.3 is 11.7 Å². The molecule has 9 heteroatoms. The number of rotatable bonds is 6. The van der Waals surface area contributed by atoms with Gasteiger partial charge in [0, 0.05) is 11.2 Å². The maximum Gasteiger partial charge on any atom is 0.353 e. The molecule has 0 radical (unpaired) electrons. The number of carbonyl (C=O) groups is 1. The number of esters is 1. The van der Waals surface area contributed by atoms with E-state index in [0.29, 0.717) is 11.3 Å². The number of benzene rings is 1. The van der Waals surface area contributed by atoms with Gasteiger partial charge in [0.25, 0.3) is 0 Å². The maximum atomic E-state index is 11.7. The van der Waals surface area contributed by atoms with Gasteiger partial charge in [0.1, 0.15) is 6.33 Å². The molecule has 0 atom stereocenters. The molecule has 1 aromatic heterocycles. The van der Waals surface area contributed by atoms with E-state index in [2.05, 4.69) is 20.6 Å².